The number of carbonyl (C=O) groups is 1. The molecule has 3 aromatic heterocycles. The Kier molecular flexibility index (Phi) is 6.29. The number of hydrogen-bond acceptors (Lipinski definition) is 5. The lowest BCUT2D eigenvalue weighted by molar-refractivity contribution is -0.192. The minimum Gasteiger partial charge on any atom is -0.475 e. The van der Waals surface area contributed by atoms with Crippen LogP contribution in [0.5, 0.6) is 0 Å². The maximum absolute atomic E-state index is 10.6. The average molecular weight is 453 g/mol. The average Bonchev–Trinajstić information content (AvgIpc) is 3.36. The Morgan fingerprint density at radius 1 is 1.16 bits per heavy atom. The molecule has 31 heavy (non-hydrogen) atoms. The number of alkyl halides is 3. The lowest BCUT2D eigenvalue weighted by Gasteiger charge is -2.41. The molecular weight excluding hydrogens is 429 g/mol. The molecule has 10 heteroatoms. The van der Waals surface area contributed by atoms with Crippen LogP contribution in [0.15, 0.2) is 35.8 Å². The number of nitrogens with zero attached hydrogens (tertiary/aromatic N) is 4. The van der Waals surface area contributed by atoms with E-state index in [1.807, 2.05) is 4.52 Å². The minimum atomic E-state index is -5.08. The number of piperidine rings is 1. The number of thiophene rings is 1. The van der Waals surface area contributed by atoms with E-state index in [9.17, 15) is 13.2 Å². The summed E-state index contributed by atoms with van der Waals surface area (Å²) in [5.41, 5.74) is 2.18. The zero-order valence-corrected chi connectivity index (χ0v) is 17.6. The number of pyridine rings is 1. The van der Waals surface area contributed by atoms with Crippen LogP contribution < -0.4 is 0 Å². The van der Waals surface area contributed by atoms with Gasteiger partial charge < -0.3 is 5.11 Å². The van der Waals surface area contributed by atoms with Crippen molar-refractivity contribution in [3.63, 3.8) is 0 Å². The Bertz CT molecular complexity index is 1030. The summed E-state index contributed by atoms with van der Waals surface area (Å²) in [6, 6.07) is 9.32. The number of aromatic nitrogens is 3. The number of likely N-dealkylation sites (tertiary alicyclic amines) is 1. The van der Waals surface area contributed by atoms with Crippen LogP contribution in [0.25, 0.3) is 16.1 Å². The van der Waals surface area contributed by atoms with E-state index < -0.39 is 12.1 Å². The molecule has 2 fully saturated rings. The van der Waals surface area contributed by atoms with Crippen molar-refractivity contribution >= 4 is 23.0 Å². The third-order valence-corrected chi connectivity index (χ3v) is 6.72. The second-order valence-electron chi connectivity index (χ2n) is 7.89. The molecule has 1 aliphatic heterocycles. The van der Waals surface area contributed by atoms with E-state index in [1.165, 1.54) is 49.1 Å². The van der Waals surface area contributed by atoms with Crippen molar-refractivity contribution < 1.29 is 23.1 Å². The summed E-state index contributed by atoms with van der Waals surface area (Å²) in [7, 11) is 0. The standard InChI is InChI=1S/C19H22N4S.C2HF3O2/c1-5-16(6-1)22-10-2-4-15(12-22)19-20-18-9-8-14(13-23(18)21-19)17-7-3-11-24-17;3-2(4,5)1(6)7/h3,7-9,11,13,15-16H,1-2,4-6,10,12H2;(H,6,7). The van der Waals surface area contributed by atoms with E-state index in [0.29, 0.717) is 5.92 Å². The van der Waals surface area contributed by atoms with E-state index in [-0.39, 0.29) is 0 Å². The van der Waals surface area contributed by atoms with E-state index in [0.717, 1.165) is 24.1 Å². The largest absolute Gasteiger partial charge is 0.490 e. The highest BCUT2D eigenvalue weighted by Crippen LogP contribution is 2.32. The quantitative estimate of drug-likeness (QED) is 0.617. The molecule has 5 rings (SSSR count). The van der Waals surface area contributed by atoms with Gasteiger partial charge in [-0.25, -0.2) is 14.3 Å². The Labute approximate surface area is 181 Å². The van der Waals surface area contributed by atoms with Crippen molar-refractivity contribution in [2.45, 2.75) is 50.2 Å². The molecule has 1 atom stereocenters. The third kappa shape index (κ3) is 5.07. The summed E-state index contributed by atoms with van der Waals surface area (Å²) in [6.45, 7) is 2.40. The van der Waals surface area contributed by atoms with Crippen LogP contribution in [0.4, 0.5) is 13.2 Å². The fourth-order valence-corrected chi connectivity index (χ4v) is 4.68. The van der Waals surface area contributed by atoms with Crippen LogP contribution in [-0.4, -0.2) is 55.9 Å². The van der Waals surface area contributed by atoms with Gasteiger partial charge in [0.15, 0.2) is 11.5 Å². The third-order valence-electron chi connectivity index (χ3n) is 5.80. The van der Waals surface area contributed by atoms with Gasteiger partial charge in [0.25, 0.3) is 0 Å². The summed E-state index contributed by atoms with van der Waals surface area (Å²) in [5, 5.41) is 14.1. The van der Waals surface area contributed by atoms with Crippen molar-refractivity contribution in [2.24, 2.45) is 0 Å². The molecule has 1 saturated carbocycles. The summed E-state index contributed by atoms with van der Waals surface area (Å²) in [4.78, 5) is 17.7. The predicted octanol–water partition coefficient (Wildman–Crippen LogP) is 4.82. The second-order valence-corrected chi connectivity index (χ2v) is 8.84. The number of carboxylic acid groups (broad SMARTS) is 1. The molecule has 0 radical (unpaired) electrons. The lowest BCUT2D eigenvalue weighted by Crippen LogP contribution is -2.45. The molecule has 6 nitrogen and oxygen atoms in total. The van der Waals surface area contributed by atoms with Gasteiger partial charge in [-0.3, -0.25) is 4.90 Å². The molecule has 1 aliphatic carbocycles. The van der Waals surface area contributed by atoms with Crippen LogP contribution in [0.2, 0.25) is 0 Å². The SMILES string of the molecule is O=C(O)C(F)(F)F.c1csc(-c2ccc3nc(C4CCCN(C5CCC5)C4)nn3c2)c1. The number of rotatable bonds is 3. The minimum absolute atomic E-state index is 0.490. The first kappa shape index (κ1) is 21.8. The van der Waals surface area contributed by atoms with Crippen molar-refractivity contribution in [1.29, 1.82) is 0 Å². The topological polar surface area (TPSA) is 70.7 Å². The molecule has 0 spiro atoms. The molecule has 166 valence electrons. The fraction of sp³-hybridized carbons (Fsp3) is 0.476. The van der Waals surface area contributed by atoms with Crippen molar-refractivity contribution in [2.75, 3.05) is 13.1 Å². The summed E-state index contributed by atoms with van der Waals surface area (Å²) < 4.78 is 33.7. The highest BCUT2D eigenvalue weighted by molar-refractivity contribution is 7.13. The van der Waals surface area contributed by atoms with E-state index >= 15 is 0 Å². The molecular formula is C21H23F3N4O2S. The molecule has 1 unspecified atom stereocenters. The second kappa shape index (κ2) is 8.96. The van der Waals surface area contributed by atoms with Gasteiger partial charge >= 0.3 is 12.1 Å². The number of carboxylic acids is 1. The number of hydrogen-bond donors (Lipinski definition) is 1. The van der Waals surface area contributed by atoms with Crippen molar-refractivity contribution in [3.8, 4) is 10.4 Å². The van der Waals surface area contributed by atoms with Gasteiger partial charge in [-0.05, 0) is 55.8 Å². The maximum atomic E-state index is 10.6. The highest BCUT2D eigenvalue weighted by Gasteiger charge is 2.38. The van der Waals surface area contributed by atoms with Crippen LogP contribution >= 0.6 is 11.3 Å². The number of halogens is 3. The van der Waals surface area contributed by atoms with Gasteiger partial charge in [0.1, 0.15) is 0 Å². The molecule has 0 amide bonds. The molecule has 2 aliphatic rings. The van der Waals surface area contributed by atoms with Gasteiger partial charge in [0.2, 0.25) is 0 Å². The zero-order valence-electron chi connectivity index (χ0n) is 16.8. The zero-order chi connectivity index (χ0) is 22.0. The fourth-order valence-electron chi connectivity index (χ4n) is 3.96. The monoisotopic (exact) mass is 452 g/mol. The summed E-state index contributed by atoms with van der Waals surface area (Å²) in [6.07, 6.45) is 3.70. The molecule has 0 aromatic carbocycles. The number of aliphatic carboxylic acids is 1. The van der Waals surface area contributed by atoms with Gasteiger partial charge in [-0.15, -0.1) is 11.3 Å². The van der Waals surface area contributed by atoms with Crippen LogP contribution in [0.1, 0.15) is 43.8 Å². The van der Waals surface area contributed by atoms with Crippen LogP contribution in [-0.2, 0) is 4.79 Å². The predicted molar refractivity (Wildman–Crippen MR) is 111 cm³/mol. The van der Waals surface area contributed by atoms with E-state index in [4.69, 9.17) is 20.0 Å². The van der Waals surface area contributed by atoms with E-state index in [1.54, 1.807) is 11.3 Å². The van der Waals surface area contributed by atoms with Gasteiger partial charge in [0.05, 0.1) is 0 Å². The van der Waals surface area contributed by atoms with E-state index in [2.05, 4.69) is 40.7 Å². The lowest BCUT2D eigenvalue weighted by atomic mass is 9.87. The summed E-state index contributed by atoms with van der Waals surface area (Å²) >= 11 is 1.76. The molecule has 3 aromatic rings. The first-order valence-electron chi connectivity index (χ1n) is 10.3. The highest BCUT2D eigenvalue weighted by atomic mass is 32.1. The molecule has 4 heterocycles. The first-order valence-corrected chi connectivity index (χ1v) is 11.1. The van der Waals surface area contributed by atoms with Gasteiger partial charge in [0, 0.05) is 35.1 Å². The molecule has 0 bridgehead atoms. The Balaban J connectivity index is 0.000000289. The molecule has 1 N–H and O–H groups in total. The first-order chi connectivity index (χ1) is 14.8. The van der Waals surface area contributed by atoms with Crippen LogP contribution in [0, 0.1) is 0 Å². The Morgan fingerprint density at radius 3 is 2.55 bits per heavy atom. The summed E-state index contributed by atoms with van der Waals surface area (Å²) in [5.74, 6) is -1.24. The normalized spacial score (nSPS) is 20.2. The van der Waals surface area contributed by atoms with Crippen LogP contribution in [0.3, 0.4) is 0 Å². The van der Waals surface area contributed by atoms with Gasteiger partial charge in [-0.2, -0.15) is 18.3 Å². The van der Waals surface area contributed by atoms with Gasteiger partial charge in [-0.1, -0.05) is 12.5 Å². The van der Waals surface area contributed by atoms with Crippen molar-refractivity contribution in [1.82, 2.24) is 19.5 Å². The smallest absolute Gasteiger partial charge is 0.475 e. The molecule has 1 saturated heterocycles. The Morgan fingerprint density at radius 2 is 1.94 bits per heavy atom. The maximum Gasteiger partial charge on any atom is 0.490 e. The Hall–Kier alpha value is -2.46. The number of fused-ring (bicyclic) bond motifs is 1. The van der Waals surface area contributed by atoms with Crippen molar-refractivity contribution in [3.05, 3.63) is 41.7 Å².